The second-order valence-corrected chi connectivity index (χ2v) is 5.29. The zero-order valence-corrected chi connectivity index (χ0v) is 13.2. The van der Waals surface area contributed by atoms with Crippen molar-refractivity contribution in [2.75, 3.05) is 6.61 Å². The average molecular weight is 312 g/mol. The second kappa shape index (κ2) is 6.31. The molecule has 2 aromatic heterocycles. The minimum atomic E-state index is -0.545. The predicted molar refractivity (Wildman–Crippen MR) is 87.8 cm³/mol. The molecule has 0 bridgehead atoms. The van der Waals surface area contributed by atoms with Crippen molar-refractivity contribution >= 4 is 11.0 Å². The number of aryl methyl sites for hydroxylation is 1. The van der Waals surface area contributed by atoms with Crippen molar-refractivity contribution in [3.05, 3.63) is 47.9 Å². The maximum Gasteiger partial charge on any atom is 0.228 e. The molecule has 23 heavy (non-hydrogen) atoms. The summed E-state index contributed by atoms with van der Waals surface area (Å²) in [4.78, 5) is 8.99. The molecule has 0 saturated heterocycles. The SMILES string of the molecule is CCOc1nc(C(N)C(N)c2ccccc2)nc2c1cnn2C. The molecule has 2 unspecified atom stereocenters. The molecule has 2 atom stereocenters. The summed E-state index contributed by atoms with van der Waals surface area (Å²) in [5.74, 6) is 0.928. The summed E-state index contributed by atoms with van der Waals surface area (Å²) < 4.78 is 7.28. The fourth-order valence-corrected chi connectivity index (χ4v) is 2.45. The minimum Gasteiger partial charge on any atom is -0.477 e. The quantitative estimate of drug-likeness (QED) is 0.739. The van der Waals surface area contributed by atoms with E-state index in [-0.39, 0.29) is 0 Å². The average Bonchev–Trinajstić information content (AvgIpc) is 2.96. The van der Waals surface area contributed by atoms with Gasteiger partial charge in [-0.25, -0.2) is 4.98 Å². The fraction of sp³-hybridized carbons (Fsp3) is 0.312. The molecular formula is C16H20N6O. The Hall–Kier alpha value is -2.51. The molecule has 0 amide bonds. The van der Waals surface area contributed by atoms with Crippen molar-refractivity contribution in [3.8, 4) is 5.88 Å². The van der Waals surface area contributed by atoms with Gasteiger partial charge < -0.3 is 16.2 Å². The van der Waals surface area contributed by atoms with Crippen molar-refractivity contribution in [1.29, 1.82) is 0 Å². The van der Waals surface area contributed by atoms with E-state index in [1.165, 1.54) is 0 Å². The summed E-state index contributed by atoms with van der Waals surface area (Å²) in [6.07, 6.45) is 1.69. The molecule has 7 nitrogen and oxygen atoms in total. The van der Waals surface area contributed by atoms with Gasteiger partial charge in [-0.15, -0.1) is 0 Å². The molecule has 0 radical (unpaired) electrons. The van der Waals surface area contributed by atoms with Crippen LogP contribution in [0.4, 0.5) is 0 Å². The van der Waals surface area contributed by atoms with Crippen molar-refractivity contribution in [2.45, 2.75) is 19.0 Å². The lowest BCUT2D eigenvalue weighted by molar-refractivity contribution is 0.328. The van der Waals surface area contributed by atoms with Crippen LogP contribution in [0.25, 0.3) is 11.0 Å². The van der Waals surface area contributed by atoms with Crippen LogP contribution in [-0.4, -0.2) is 26.4 Å². The third-order valence-corrected chi connectivity index (χ3v) is 3.72. The van der Waals surface area contributed by atoms with E-state index in [4.69, 9.17) is 16.2 Å². The highest BCUT2D eigenvalue weighted by molar-refractivity contribution is 5.80. The summed E-state index contributed by atoms with van der Waals surface area (Å²) in [6.45, 7) is 2.40. The Kier molecular flexibility index (Phi) is 4.22. The largest absolute Gasteiger partial charge is 0.477 e. The second-order valence-electron chi connectivity index (χ2n) is 5.29. The maximum absolute atomic E-state index is 6.31. The molecule has 0 saturated carbocycles. The molecule has 1 aromatic carbocycles. The van der Waals surface area contributed by atoms with Crippen molar-refractivity contribution in [3.63, 3.8) is 0 Å². The van der Waals surface area contributed by atoms with Crippen LogP contribution in [0, 0.1) is 0 Å². The Balaban J connectivity index is 2.03. The smallest absolute Gasteiger partial charge is 0.228 e. The van der Waals surface area contributed by atoms with E-state index < -0.39 is 12.1 Å². The Morgan fingerprint density at radius 1 is 1.13 bits per heavy atom. The first kappa shape index (κ1) is 15.4. The molecular weight excluding hydrogens is 292 g/mol. The molecule has 0 aliphatic carbocycles. The maximum atomic E-state index is 6.31. The molecule has 0 aliphatic rings. The summed E-state index contributed by atoms with van der Waals surface area (Å²) in [7, 11) is 1.82. The molecule has 2 heterocycles. The van der Waals surface area contributed by atoms with Crippen LogP contribution >= 0.6 is 0 Å². The third kappa shape index (κ3) is 2.88. The van der Waals surface area contributed by atoms with Gasteiger partial charge in [0.2, 0.25) is 5.88 Å². The van der Waals surface area contributed by atoms with E-state index in [0.717, 1.165) is 10.9 Å². The molecule has 120 valence electrons. The molecule has 3 aromatic rings. The highest BCUT2D eigenvalue weighted by Crippen LogP contribution is 2.27. The van der Waals surface area contributed by atoms with Crippen LogP contribution in [0.5, 0.6) is 5.88 Å². The van der Waals surface area contributed by atoms with E-state index >= 15 is 0 Å². The van der Waals surface area contributed by atoms with Gasteiger partial charge in [0.25, 0.3) is 0 Å². The minimum absolute atomic E-state index is 0.406. The standard InChI is InChI=1S/C16H20N6O/c1-3-23-16-11-9-19-22(2)15(11)20-14(21-16)13(18)12(17)10-7-5-4-6-8-10/h4-9,12-13H,3,17-18H2,1-2H3. The van der Waals surface area contributed by atoms with Gasteiger partial charge in [0.1, 0.15) is 5.39 Å². The van der Waals surface area contributed by atoms with Gasteiger partial charge in [-0.1, -0.05) is 30.3 Å². The van der Waals surface area contributed by atoms with E-state index in [9.17, 15) is 0 Å². The first-order valence-electron chi connectivity index (χ1n) is 7.50. The van der Waals surface area contributed by atoms with Crippen molar-refractivity contribution in [1.82, 2.24) is 19.7 Å². The third-order valence-electron chi connectivity index (χ3n) is 3.72. The van der Waals surface area contributed by atoms with Crippen LogP contribution in [0.15, 0.2) is 36.5 Å². The van der Waals surface area contributed by atoms with Gasteiger partial charge in [0.15, 0.2) is 11.5 Å². The van der Waals surface area contributed by atoms with E-state index in [0.29, 0.717) is 24.0 Å². The summed E-state index contributed by atoms with van der Waals surface area (Å²) in [6, 6.07) is 8.73. The molecule has 4 N–H and O–H groups in total. The Morgan fingerprint density at radius 2 is 1.87 bits per heavy atom. The molecule has 7 heteroatoms. The number of benzene rings is 1. The van der Waals surface area contributed by atoms with Crippen molar-refractivity contribution < 1.29 is 4.74 Å². The van der Waals surface area contributed by atoms with Crippen LogP contribution in [0.1, 0.15) is 30.4 Å². The molecule has 0 spiro atoms. The van der Waals surface area contributed by atoms with Gasteiger partial charge in [0, 0.05) is 7.05 Å². The summed E-state index contributed by atoms with van der Waals surface area (Å²) in [5, 5.41) is 4.97. The van der Waals surface area contributed by atoms with E-state index in [1.807, 2.05) is 44.3 Å². The lowest BCUT2D eigenvalue weighted by atomic mass is 10.0. The van der Waals surface area contributed by atoms with Crippen LogP contribution in [-0.2, 0) is 7.05 Å². The Bertz CT molecular complexity index is 801. The number of hydrogen-bond donors (Lipinski definition) is 2. The summed E-state index contributed by atoms with van der Waals surface area (Å²) >= 11 is 0. The number of aromatic nitrogens is 4. The van der Waals surface area contributed by atoms with Gasteiger partial charge in [-0.3, -0.25) is 4.68 Å². The summed E-state index contributed by atoms with van der Waals surface area (Å²) in [5.41, 5.74) is 14.2. The molecule has 3 rings (SSSR count). The first-order chi connectivity index (χ1) is 11.1. The van der Waals surface area contributed by atoms with Gasteiger partial charge >= 0.3 is 0 Å². The van der Waals surface area contributed by atoms with Crippen LogP contribution < -0.4 is 16.2 Å². The fourth-order valence-electron chi connectivity index (χ4n) is 2.45. The van der Waals surface area contributed by atoms with Gasteiger partial charge in [-0.05, 0) is 12.5 Å². The topological polar surface area (TPSA) is 105 Å². The zero-order valence-electron chi connectivity index (χ0n) is 13.2. The Morgan fingerprint density at radius 3 is 2.57 bits per heavy atom. The van der Waals surface area contributed by atoms with E-state index in [1.54, 1.807) is 10.9 Å². The monoisotopic (exact) mass is 312 g/mol. The highest BCUT2D eigenvalue weighted by atomic mass is 16.5. The lowest BCUT2D eigenvalue weighted by Gasteiger charge is -2.19. The molecule has 0 fully saturated rings. The number of ether oxygens (including phenoxy) is 1. The number of nitrogens with two attached hydrogens (primary N) is 2. The van der Waals surface area contributed by atoms with Gasteiger partial charge in [0.05, 0.1) is 24.9 Å². The highest BCUT2D eigenvalue weighted by Gasteiger charge is 2.23. The normalized spacial score (nSPS) is 13.9. The van der Waals surface area contributed by atoms with Crippen molar-refractivity contribution in [2.24, 2.45) is 18.5 Å². The number of rotatable bonds is 5. The van der Waals surface area contributed by atoms with Gasteiger partial charge in [-0.2, -0.15) is 10.1 Å². The van der Waals surface area contributed by atoms with Crippen LogP contribution in [0.2, 0.25) is 0 Å². The predicted octanol–water partition coefficient (Wildman–Crippen LogP) is 1.46. The number of fused-ring (bicyclic) bond motifs is 1. The van der Waals surface area contributed by atoms with Crippen LogP contribution in [0.3, 0.4) is 0 Å². The number of nitrogens with zero attached hydrogens (tertiary/aromatic N) is 4. The van der Waals surface area contributed by atoms with E-state index in [2.05, 4.69) is 15.1 Å². The molecule has 0 aliphatic heterocycles. The lowest BCUT2D eigenvalue weighted by Crippen LogP contribution is -2.28. The number of hydrogen-bond acceptors (Lipinski definition) is 6. The zero-order chi connectivity index (χ0) is 16.4. The Labute approximate surface area is 134 Å². The first-order valence-corrected chi connectivity index (χ1v) is 7.50.